The van der Waals surface area contributed by atoms with Gasteiger partial charge < -0.3 is 24.7 Å². The molecule has 7 heteroatoms. The Bertz CT molecular complexity index is 1020. The predicted octanol–water partition coefficient (Wildman–Crippen LogP) is 4.56. The summed E-state index contributed by atoms with van der Waals surface area (Å²) in [6.45, 7) is 6.60. The molecule has 0 bridgehead atoms. The fourth-order valence-corrected chi connectivity index (χ4v) is 3.14. The topological polar surface area (TPSA) is 79.6 Å². The standard InChI is InChI=1S/C23H30N4O3/c1-23(2,3)21-26-18-13-16(10-11-20(18)30-21)25-22(28)24-14-19(27(4)5)15-8-7-9-17(12-15)29-6/h7-13,19H,14H2,1-6H3,(H2,24,25,28). The van der Waals surface area contributed by atoms with Crippen LogP contribution in [0.3, 0.4) is 0 Å². The first-order valence-electron chi connectivity index (χ1n) is 9.93. The van der Waals surface area contributed by atoms with Gasteiger partial charge in [-0.3, -0.25) is 0 Å². The minimum Gasteiger partial charge on any atom is -0.497 e. The van der Waals surface area contributed by atoms with Crippen LogP contribution in [0.4, 0.5) is 10.5 Å². The maximum atomic E-state index is 12.5. The molecule has 160 valence electrons. The number of amides is 2. The van der Waals surface area contributed by atoms with Crippen LogP contribution in [0.5, 0.6) is 5.75 Å². The highest BCUT2D eigenvalue weighted by Crippen LogP contribution is 2.27. The van der Waals surface area contributed by atoms with Crippen LogP contribution in [0, 0.1) is 0 Å². The molecule has 0 aliphatic heterocycles. The molecule has 1 heterocycles. The normalized spacial score (nSPS) is 12.8. The van der Waals surface area contributed by atoms with Crippen molar-refractivity contribution in [3.63, 3.8) is 0 Å². The summed E-state index contributed by atoms with van der Waals surface area (Å²) in [5, 5.41) is 5.83. The molecule has 3 rings (SSSR count). The summed E-state index contributed by atoms with van der Waals surface area (Å²) in [4.78, 5) is 19.1. The molecule has 0 saturated heterocycles. The van der Waals surface area contributed by atoms with Gasteiger partial charge in [-0.05, 0) is 50.0 Å². The summed E-state index contributed by atoms with van der Waals surface area (Å²) in [6, 6.07) is 13.1. The molecule has 0 fully saturated rings. The minimum absolute atomic E-state index is 0.0122. The number of nitrogens with zero attached hydrogens (tertiary/aromatic N) is 2. The number of carbonyl (C=O) groups excluding carboxylic acids is 1. The van der Waals surface area contributed by atoms with Crippen molar-refractivity contribution in [2.24, 2.45) is 0 Å². The summed E-state index contributed by atoms with van der Waals surface area (Å²) in [5.41, 5.74) is 2.98. The number of hydrogen-bond donors (Lipinski definition) is 2. The lowest BCUT2D eigenvalue weighted by Gasteiger charge is -2.25. The molecule has 0 aliphatic carbocycles. The lowest BCUT2D eigenvalue weighted by atomic mass is 9.97. The van der Waals surface area contributed by atoms with Gasteiger partial charge in [0, 0.05) is 17.6 Å². The number of anilines is 1. The van der Waals surface area contributed by atoms with Crippen molar-refractivity contribution in [3.8, 4) is 5.75 Å². The number of oxazole rings is 1. The molecule has 0 saturated carbocycles. The first-order chi connectivity index (χ1) is 14.2. The Kier molecular flexibility index (Phi) is 6.31. The number of ether oxygens (including phenoxy) is 1. The fourth-order valence-electron chi connectivity index (χ4n) is 3.14. The number of urea groups is 1. The maximum Gasteiger partial charge on any atom is 0.319 e. The molecule has 2 aromatic carbocycles. The molecule has 2 amide bonds. The quantitative estimate of drug-likeness (QED) is 0.623. The number of carbonyl (C=O) groups is 1. The Labute approximate surface area is 177 Å². The number of nitrogens with one attached hydrogen (secondary N) is 2. The zero-order valence-corrected chi connectivity index (χ0v) is 18.4. The van der Waals surface area contributed by atoms with Gasteiger partial charge in [-0.15, -0.1) is 0 Å². The first kappa shape index (κ1) is 21.6. The van der Waals surface area contributed by atoms with Gasteiger partial charge in [0.05, 0.1) is 13.2 Å². The molecule has 0 radical (unpaired) electrons. The lowest BCUT2D eigenvalue weighted by molar-refractivity contribution is 0.243. The number of likely N-dealkylation sites (N-methyl/N-ethyl adjacent to an activating group) is 1. The van der Waals surface area contributed by atoms with E-state index < -0.39 is 0 Å². The van der Waals surface area contributed by atoms with E-state index in [4.69, 9.17) is 9.15 Å². The van der Waals surface area contributed by atoms with E-state index >= 15 is 0 Å². The van der Waals surface area contributed by atoms with Crippen LogP contribution in [0.25, 0.3) is 11.1 Å². The zero-order valence-electron chi connectivity index (χ0n) is 18.4. The number of rotatable bonds is 6. The van der Waals surface area contributed by atoms with Crippen LogP contribution >= 0.6 is 0 Å². The van der Waals surface area contributed by atoms with E-state index in [1.807, 2.05) is 77.3 Å². The van der Waals surface area contributed by atoms with Crippen molar-refractivity contribution in [2.75, 3.05) is 33.1 Å². The van der Waals surface area contributed by atoms with Crippen LogP contribution < -0.4 is 15.4 Å². The second-order valence-corrected chi connectivity index (χ2v) is 8.54. The molecule has 7 nitrogen and oxygen atoms in total. The van der Waals surface area contributed by atoms with E-state index in [0.29, 0.717) is 23.7 Å². The fraction of sp³-hybridized carbons (Fsp3) is 0.391. The van der Waals surface area contributed by atoms with E-state index in [0.717, 1.165) is 16.8 Å². The third-order valence-corrected chi connectivity index (χ3v) is 4.84. The first-order valence-corrected chi connectivity index (χ1v) is 9.93. The average Bonchev–Trinajstić information content (AvgIpc) is 3.12. The van der Waals surface area contributed by atoms with Crippen molar-refractivity contribution < 1.29 is 13.9 Å². The zero-order chi connectivity index (χ0) is 21.9. The van der Waals surface area contributed by atoms with Gasteiger partial charge in [0.2, 0.25) is 5.89 Å². The van der Waals surface area contributed by atoms with Gasteiger partial charge in [-0.25, -0.2) is 9.78 Å². The maximum absolute atomic E-state index is 12.5. The number of methoxy groups -OCH3 is 1. The van der Waals surface area contributed by atoms with Crippen molar-refractivity contribution >= 4 is 22.8 Å². The van der Waals surface area contributed by atoms with Crippen LogP contribution in [-0.2, 0) is 5.41 Å². The Morgan fingerprint density at radius 1 is 1.20 bits per heavy atom. The second kappa shape index (κ2) is 8.75. The molecule has 3 aromatic rings. The van der Waals surface area contributed by atoms with E-state index in [1.165, 1.54) is 0 Å². The number of fused-ring (bicyclic) bond motifs is 1. The number of benzene rings is 2. The highest BCUT2D eigenvalue weighted by atomic mass is 16.5. The van der Waals surface area contributed by atoms with Crippen LogP contribution in [0.15, 0.2) is 46.9 Å². The van der Waals surface area contributed by atoms with Gasteiger partial charge in [-0.2, -0.15) is 0 Å². The monoisotopic (exact) mass is 410 g/mol. The molecule has 1 atom stereocenters. The Hall–Kier alpha value is -3.06. The molecule has 0 spiro atoms. The highest BCUT2D eigenvalue weighted by molar-refractivity contribution is 5.91. The van der Waals surface area contributed by atoms with Crippen molar-refractivity contribution in [2.45, 2.75) is 32.2 Å². The molecule has 30 heavy (non-hydrogen) atoms. The largest absolute Gasteiger partial charge is 0.497 e. The highest BCUT2D eigenvalue weighted by Gasteiger charge is 2.21. The molecule has 1 unspecified atom stereocenters. The van der Waals surface area contributed by atoms with Crippen LogP contribution in [0.2, 0.25) is 0 Å². The molecule has 2 N–H and O–H groups in total. The summed E-state index contributed by atoms with van der Waals surface area (Å²) in [6.07, 6.45) is 0. The van der Waals surface area contributed by atoms with Crippen molar-refractivity contribution in [1.82, 2.24) is 15.2 Å². The van der Waals surface area contributed by atoms with Crippen molar-refractivity contribution in [3.05, 3.63) is 53.9 Å². The predicted molar refractivity (Wildman–Crippen MR) is 119 cm³/mol. The van der Waals surface area contributed by atoms with E-state index in [9.17, 15) is 4.79 Å². The lowest BCUT2D eigenvalue weighted by Crippen LogP contribution is -2.36. The summed E-state index contributed by atoms with van der Waals surface area (Å²) < 4.78 is 11.1. The number of hydrogen-bond acceptors (Lipinski definition) is 5. The van der Waals surface area contributed by atoms with Crippen LogP contribution in [0.1, 0.15) is 38.3 Å². The third kappa shape index (κ3) is 5.10. The Balaban J connectivity index is 1.66. The summed E-state index contributed by atoms with van der Waals surface area (Å²) in [5.74, 6) is 1.46. The minimum atomic E-state index is -0.274. The molecular weight excluding hydrogens is 380 g/mol. The molecule has 0 aliphatic rings. The van der Waals surface area contributed by atoms with E-state index in [-0.39, 0.29) is 17.5 Å². The van der Waals surface area contributed by atoms with Gasteiger partial charge in [0.25, 0.3) is 0 Å². The van der Waals surface area contributed by atoms with E-state index in [2.05, 4.69) is 20.5 Å². The van der Waals surface area contributed by atoms with Gasteiger partial charge in [-0.1, -0.05) is 32.9 Å². The van der Waals surface area contributed by atoms with E-state index in [1.54, 1.807) is 7.11 Å². The number of aromatic nitrogens is 1. The second-order valence-electron chi connectivity index (χ2n) is 8.54. The Morgan fingerprint density at radius 3 is 2.63 bits per heavy atom. The Morgan fingerprint density at radius 2 is 1.97 bits per heavy atom. The van der Waals surface area contributed by atoms with Gasteiger partial charge in [0.1, 0.15) is 11.3 Å². The SMILES string of the molecule is COc1cccc(C(CNC(=O)Nc2ccc3oc(C(C)(C)C)nc3c2)N(C)C)c1. The van der Waals surface area contributed by atoms with Gasteiger partial charge >= 0.3 is 6.03 Å². The third-order valence-electron chi connectivity index (χ3n) is 4.84. The average molecular weight is 411 g/mol. The molecule has 1 aromatic heterocycles. The van der Waals surface area contributed by atoms with Crippen LogP contribution in [-0.4, -0.2) is 43.7 Å². The van der Waals surface area contributed by atoms with Crippen molar-refractivity contribution in [1.29, 1.82) is 0 Å². The van der Waals surface area contributed by atoms with Gasteiger partial charge in [0.15, 0.2) is 5.58 Å². The summed E-state index contributed by atoms with van der Waals surface area (Å²) >= 11 is 0. The summed E-state index contributed by atoms with van der Waals surface area (Å²) in [7, 11) is 5.61. The molecular formula is C23H30N4O3. The smallest absolute Gasteiger partial charge is 0.319 e.